The molecule has 2 amide bonds. The molecular formula is C25H31N3O4. The van der Waals surface area contributed by atoms with Gasteiger partial charge in [-0.05, 0) is 72.7 Å². The quantitative estimate of drug-likeness (QED) is 0.747. The van der Waals surface area contributed by atoms with E-state index in [0.29, 0.717) is 35.1 Å². The Balaban J connectivity index is 2.28. The number of carboxylic acids is 1. The van der Waals surface area contributed by atoms with E-state index < -0.39 is 11.4 Å². The minimum absolute atomic E-state index is 0.137. The number of aliphatic carboxylic acids is 1. The van der Waals surface area contributed by atoms with E-state index in [1.54, 1.807) is 71.5 Å². The van der Waals surface area contributed by atoms with Crippen LogP contribution in [0.15, 0.2) is 36.4 Å². The fourth-order valence-corrected chi connectivity index (χ4v) is 4.65. The van der Waals surface area contributed by atoms with Gasteiger partial charge in [0.1, 0.15) is 5.41 Å². The van der Waals surface area contributed by atoms with Crippen LogP contribution in [0.3, 0.4) is 0 Å². The molecule has 0 radical (unpaired) electrons. The van der Waals surface area contributed by atoms with Crippen molar-refractivity contribution in [2.24, 2.45) is 5.73 Å². The summed E-state index contributed by atoms with van der Waals surface area (Å²) in [7, 11) is 6.74. The van der Waals surface area contributed by atoms with E-state index in [-0.39, 0.29) is 24.3 Å². The Labute approximate surface area is 188 Å². The highest BCUT2D eigenvalue weighted by Gasteiger charge is 2.46. The summed E-state index contributed by atoms with van der Waals surface area (Å²) in [5.41, 5.74) is 8.78. The second kappa shape index (κ2) is 8.74. The van der Waals surface area contributed by atoms with E-state index in [4.69, 9.17) is 5.73 Å². The van der Waals surface area contributed by atoms with Gasteiger partial charge in [-0.2, -0.15) is 0 Å². The molecule has 0 aliphatic heterocycles. The summed E-state index contributed by atoms with van der Waals surface area (Å²) in [5, 5.41) is 10.6. The van der Waals surface area contributed by atoms with Gasteiger partial charge < -0.3 is 20.6 Å². The highest BCUT2D eigenvalue weighted by Crippen LogP contribution is 2.44. The van der Waals surface area contributed by atoms with E-state index in [0.717, 1.165) is 11.1 Å². The van der Waals surface area contributed by atoms with Crippen molar-refractivity contribution in [1.29, 1.82) is 0 Å². The number of hydrogen-bond donors (Lipinski definition) is 2. The van der Waals surface area contributed by atoms with Gasteiger partial charge in [0.05, 0.1) is 0 Å². The van der Waals surface area contributed by atoms with Gasteiger partial charge in [0.2, 0.25) is 0 Å². The number of carboxylic acid groups (broad SMARTS) is 1. The molecule has 0 heterocycles. The molecule has 7 heteroatoms. The zero-order valence-electron chi connectivity index (χ0n) is 19.3. The Bertz CT molecular complexity index is 1000. The van der Waals surface area contributed by atoms with Crippen molar-refractivity contribution in [3.8, 4) is 0 Å². The SMILES string of the molecule is C[C@@H](N)CC1(C(=O)O)c2ccc(C(=O)N(C)C)cc2CCc2cc(C(=O)N(C)C)ccc21. The number of rotatable bonds is 5. The molecule has 0 spiro atoms. The molecule has 1 aliphatic carbocycles. The first-order valence-corrected chi connectivity index (χ1v) is 10.7. The van der Waals surface area contributed by atoms with E-state index in [1.807, 2.05) is 0 Å². The Morgan fingerprint density at radius 1 is 0.906 bits per heavy atom. The lowest BCUT2D eigenvalue weighted by atomic mass is 9.68. The van der Waals surface area contributed by atoms with Gasteiger partial charge in [-0.15, -0.1) is 0 Å². The fourth-order valence-electron chi connectivity index (χ4n) is 4.65. The summed E-state index contributed by atoms with van der Waals surface area (Å²) in [6.07, 6.45) is 1.32. The highest BCUT2D eigenvalue weighted by atomic mass is 16.4. The predicted octanol–water partition coefficient (Wildman–Crippen LogP) is 2.30. The lowest BCUT2D eigenvalue weighted by Crippen LogP contribution is -2.42. The van der Waals surface area contributed by atoms with Crippen LogP contribution in [0.1, 0.15) is 56.3 Å². The third-order valence-corrected chi connectivity index (χ3v) is 6.09. The first-order chi connectivity index (χ1) is 15.0. The van der Waals surface area contributed by atoms with Gasteiger partial charge >= 0.3 is 5.97 Å². The number of amides is 2. The average Bonchev–Trinajstić information content (AvgIpc) is 2.87. The molecule has 3 rings (SSSR count). The fraction of sp³-hybridized carbons (Fsp3) is 0.400. The van der Waals surface area contributed by atoms with Gasteiger partial charge in [-0.3, -0.25) is 14.4 Å². The smallest absolute Gasteiger partial charge is 0.318 e. The lowest BCUT2D eigenvalue weighted by molar-refractivity contribution is -0.142. The Morgan fingerprint density at radius 3 is 1.62 bits per heavy atom. The topological polar surface area (TPSA) is 104 Å². The Hall–Kier alpha value is -3.19. The van der Waals surface area contributed by atoms with Crippen LogP contribution in [0.2, 0.25) is 0 Å². The normalized spacial score (nSPS) is 15.1. The number of fused-ring (bicyclic) bond motifs is 2. The van der Waals surface area contributed by atoms with Crippen LogP contribution in [0.4, 0.5) is 0 Å². The number of nitrogens with two attached hydrogens (primary N) is 1. The minimum atomic E-state index is -1.37. The average molecular weight is 438 g/mol. The molecule has 0 fully saturated rings. The Morgan fingerprint density at radius 2 is 1.31 bits per heavy atom. The van der Waals surface area contributed by atoms with E-state index in [2.05, 4.69) is 0 Å². The maximum absolute atomic E-state index is 12.9. The predicted molar refractivity (Wildman–Crippen MR) is 123 cm³/mol. The van der Waals surface area contributed by atoms with Crippen molar-refractivity contribution in [3.05, 3.63) is 69.8 Å². The first-order valence-electron chi connectivity index (χ1n) is 10.7. The van der Waals surface area contributed by atoms with Crippen LogP contribution >= 0.6 is 0 Å². The van der Waals surface area contributed by atoms with E-state index in [9.17, 15) is 19.5 Å². The summed E-state index contributed by atoms with van der Waals surface area (Å²) in [4.78, 5) is 41.0. The zero-order valence-corrected chi connectivity index (χ0v) is 19.3. The standard InChI is InChI=1S/C25H31N3O4/c1-15(26)14-25(24(31)32)20-10-8-18(22(29)27(2)3)12-16(20)6-7-17-13-19(9-11-21(17)25)23(30)28(4)5/h8-13,15H,6-7,14,26H2,1-5H3,(H,31,32)/t15-/m1/s1. The van der Waals surface area contributed by atoms with Gasteiger partial charge in [-0.25, -0.2) is 0 Å². The molecule has 0 saturated heterocycles. The molecule has 1 aliphatic rings. The molecule has 0 aromatic heterocycles. The third-order valence-electron chi connectivity index (χ3n) is 6.09. The maximum atomic E-state index is 12.9. The van der Waals surface area contributed by atoms with Crippen molar-refractivity contribution >= 4 is 17.8 Å². The van der Waals surface area contributed by atoms with Gasteiger partial charge in [0.25, 0.3) is 11.8 Å². The monoisotopic (exact) mass is 437 g/mol. The molecule has 170 valence electrons. The van der Waals surface area contributed by atoms with Crippen LogP contribution in [0, 0.1) is 0 Å². The molecule has 3 N–H and O–H groups in total. The summed E-state index contributed by atoms with van der Waals surface area (Å²) < 4.78 is 0. The summed E-state index contributed by atoms with van der Waals surface area (Å²) >= 11 is 0. The number of benzene rings is 2. The number of aryl methyl sites for hydroxylation is 2. The number of hydrogen-bond acceptors (Lipinski definition) is 4. The van der Waals surface area contributed by atoms with Crippen LogP contribution < -0.4 is 5.73 Å². The molecule has 0 saturated carbocycles. The molecule has 7 nitrogen and oxygen atoms in total. The van der Waals surface area contributed by atoms with Crippen molar-refractivity contribution in [1.82, 2.24) is 9.80 Å². The van der Waals surface area contributed by atoms with Crippen LogP contribution in [0.5, 0.6) is 0 Å². The molecule has 2 aromatic carbocycles. The summed E-state index contributed by atoms with van der Waals surface area (Å²) in [6.45, 7) is 1.79. The largest absolute Gasteiger partial charge is 0.480 e. The van der Waals surface area contributed by atoms with Crippen molar-refractivity contribution in [2.45, 2.75) is 37.6 Å². The molecule has 2 aromatic rings. The number of carbonyl (C=O) groups is 3. The van der Waals surface area contributed by atoms with Crippen LogP contribution in [0.25, 0.3) is 0 Å². The van der Waals surface area contributed by atoms with Crippen LogP contribution in [-0.4, -0.2) is 66.9 Å². The molecule has 0 bridgehead atoms. The second-order valence-electron chi connectivity index (χ2n) is 9.03. The number of carbonyl (C=O) groups excluding carboxylic acids is 2. The van der Waals surface area contributed by atoms with Crippen molar-refractivity contribution in [2.75, 3.05) is 28.2 Å². The van der Waals surface area contributed by atoms with Crippen LogP contribution in [-0.2, 0) is 23.1 Å². The summed E-state index contributed by atoms with van der Waals surface area (Å²) in [6, 6.07) is 10.1. The second-order valence-corrected chi connectivity index (χ2v) is 9.03. The highest BCUT2D eigenvalue weighted by molar-refractivity contribution is 5.96. The van der Waals surface area contributed by atoms with Gasteiger partial charge in [-0.1, -0.05) is 12.1 Å². The van der Waals surface area contributed by atoms with E-state index in [1.165, 1.54) is 9.80 Å². The van der Waals surface area contributed by atoms with E-state index >= 15 is 0 Å². The van der Waals surface area contributed by atoms with Gasteiger partial charge in [0, 0.05) is 45.4 Å². The number of nitrogens with zero attached hydrogens (tertiary/aromatic N) is 2. The Kier molecular flexibility index (Phi) is 6.41. The maximum Gasteiger partial charge on any atom is 0.318 e. The lowest BCUT2D eigenvalue weighted by Gasteiger charge is -2.34. The molecular weight excluding hydrogens is 406 g/mol. The third kappa shape index (κ3) is 4.00. The first kappa shape index (κ1) is 23.5. The minimum Gasteiger partial charge on any atom is -0.480 e. The molecule has 0 unspecified atom stereocenters. The molecule has 1 atom stereocenters. The van der Waals surface area contributed by atoms with Crippen molar-refractivity contribution < 1.29 is 19.5 Å². The molecule has 32 heavy (non-hydrogen) atoms. The van der Waals surface area contributed by atoms with Crippen molar-refractivity contribution in [3.63, 3.8) is 0 Å². The van der Waals surface area contributed by atoms with Gasteiger partial charge in [0.15, 0.2) is 0 Å². The summed E-state index contributed by atoms with van der Waals surface area (Å²) in [5.74, 6) is -1.26. The zero-order chi connectivity index (χ0) is 23.8.